The van der Waals surface area contributed by atoms with E-state index in [1.54, 1.807) is 7.05 Å². The summed E-state index contributed by atoms with van der Waals surface area (Å²) in [6, 6.07) is 3.50. The van der Waals surface area contributed by atoms with Crippen LogP contribution in [-0.2, 0) is 11.0 Å². The van der Waals surface area contributed by atoms with Crippen LogP contribution in [0.1, 0.15) is 18.1 Å². The molecule has 1 amide bonds. The molecule has 2 rings (SSSR count). The van der Waals surface area contributed by atoms with Crippen LogP contribution in [0.2, 0.25) is 0 Å². The molecule has 6 nitrogen and oxygen atoms in total. The molecular weight excluding hydrogens is 315 g/mol. The number of aliphatic hydroxyl groups is 1. The first-order valence-electron chi connectivity index (χ1n) is 6.78. The van der Waals surface area contributed by atoms with Crippen molar-refractivity contribution in [3.8, 4) is 5.75 Å². The number of nitrogens with zero attached hydrogens (tertiary/aromatic N) is 2. The number of halogens is 3. The number of aliphatic hydroxyl groups excluding tert-OH is 1. The number of amides is 1. The molecule has 0 aliphatic carbocycles. The minimum atomic E-state index is -4.62. The van der Waals surface area contributed by atoms with Crippen LogP contribution in [0.5, 0.6) is 5.75 Å². The Morgan fingerprint density at radius 3 is 2.74 bits per heavy atom. The van der Waals surface area contributed by atoms with Crippen molar-refractivity contribution in [3.05, 3.63) is 29.3 Å². The number of alkyl halides is 3. The molecule has 0 spiro atoms. The molecule has 9 heteroatoms. The first kappa shape index (κ1) is 17.1. The molecule has 1 atom stereocenters. The third kappa shape index (κ3) is 4.13. The number of benzene rings is 1. The van der Waals surface area contributed by atoms with E-state index in [0.717, 1.165) is 6.07 Å². The van der Waals surface area contributed by atoms with Crippen molar-refractivity contribution in [1.82, 2.24) is 10.3 Å². The van der Waals surface area contributed by atoms with Crippen LogP contribution in [0, 0.1) is 0 Å². The summed E-state index contributed by atoms with van der Waals surface area (Å²) in [5, 5.41) is 12.9. The largest absolute Gasteiger partial charge is 0.490 e. The molecule has 0 unspecified atom stereocenters. The molecule has 0 fully saturated rings. The third-order valence-electron chi connectivity index (χ3n) is 3.05. The molecule has 0 saturated carbocycles. The Bertz CT molecular complexity index is 629. The second-order valence-electron chi connectivity index (χ2n) is 5.20. The number of amidine groups is 1. The van der Waals surface area contributed by atoms with Gasteiger partial charge in [-0.3, -0.25) is 4.79 Å². The molecule has 0 radical (unpaired) electrons. The van der Waals surface area contributed by atoms with E-state index in [0.29, 0.717) is 0 Å². The standard InChI is InChI=1S/C14H16F3N3O3/c1-8(21)7-23-11-4-3-9(5-10(11)14(15,16)17)13-19-18-12(22)6-20(13)2/h3-5,8,21H,6-7H2,1-2H3,(H,18,22)/t8-/m0/s1. The van der Waals surface area contributed by atoms with Crippen molar-refractivity contribution in [2.24, 2.45) is 5.10 Å². The predicted octanol–water partition coefficient (Wildman–Crippen LogP) is 1.19. The van der Waals surface area contributed by atoms with E-state index in [4.69, 9.17) is 9.84 Å². The highest BCUT2D eigenvalue weighted by atomic mass is 19.4. The van der Waals surface area contributed by atoms with Crippen LogP contribution in [0.15, 0.2) is 23.3 Å². The SMILES string of the molecule is C[C@H](O)COc1ccc(C2=NNC(=O)CN2C)cc1C(F)(F)F. The molecule has 0 aromatic heterocycles. The number of carbonyl (C=O) groups excluding carboxylic acids is 1. The fourth-order valence-electron chi connectivity index (χ4n) is 2.04. The minimum absolute atomic E-state index is 0.000459. The summed E-state index contributed by atoms with van der Waals surface area (Å²) >= 11 is 0. The minimum Gasteiger partial charge on any atom is -0.490 e. The van der Waals surface area contributed by atoms with Crippen molar-refractivity contribution in [2.75, 3.05) is 20.2 Å². The zero-order valence-electron chi connectivity index (χ0n) is 12.5. The lowest BCUT2D eigenvalue weighted by Crippen LogP contribution is -2.43. The van der Waals surface area contributed by atoms with E-state index in [-0.39, 0.29) is 36.2 Å². The van der Waals surface area contributed by atoms with Crippen molar-refractivity contribution in [1.29, 1.82) is 0 Å². The molecule has 23 heavy (non-hydrogen) atoms. The van der Waals surface area contributed by atoms with Crippen LogP contribution < -0.4 is 10.2 Å². The van der Waals surface area contributed by atoms with Gasteiger partial charge in [0, 0.05) is 12.6 Å². The Balaban J connectivity index is 2.38. The summed E-state index contributed by atoms with van der Waals surface area (Å²) in [5.74, 6) is -0.494. The first-order valence-corrected chi connectivity index (χ1v) is 6.78. The molecule has 1 heterocycles. The number of hydrazone groups is 1. The number of nitrogens with one attached hydrogen (secondary N) is 1. The average Bonchev–Trinajstić information content (AvgIpc) is 2.44. The van der Waals surface area contributed by atoms with Gasteiger partial charge in [-0.15, -0.1) is 0 Å². The molecule has 1 aliphatic rings. The van der Waals surface area contributed by atoms with Gasteiger partial charge in [0.15, 0.2) is 5.84 Å². The quantitative estimate of drug-likeness (QED) is 0.869. The lowest BCUT2D eigenvalue weighted by atomic mass is 10.1. The molecule has 126 valence electrons. The molecule has 1 aliphatic heterocycles. The van der Waals surface area contributed by atoms with Crippen LogP contribution in [0.3, 0.4) is 0 Å². The average molecular weight is 331 g/mol. The first-order chi connectivity index (χ1) is 10.7. The van der Waals surface area contributed by atoms with Crippen LogP contribution in [-0.4, -0.2) is 48.1 Å². The predicted molar refractivity (Wildman–Crippen MR) is 75.9 cm³/mol. The Hall–Kier alpha value is -2.29. The lowest BCUT2D eigenvalue weighted by Gasteiger charge is -2.25. The monoisotopic (exact) mass is 331 g/mol. The van der Waals surface area contributed by atoms with E-state index < -0.39 is 17.8 Å². The van der Waals surface area contributed by atoms with Gasteiger partial charge < -0.3 is 14.7 Å². The number of likely N-dealkylation sites (N-methyl/N-ethyl adjacent to an activating group) is 1. The topological polar surface area (TPSA) is 74.2 Å². The molecule has 1 aromatic carbocycles. The number of ether oxygens (including phenoxy) is 1. The van der Waals surface area contributed by atoms with E-state index in [9.17, 15) is 18.0 Å². The van der Waals surface area contributed by atoms with Gasteiger partial charge >= 0.3 is 6.18 Å². The molecule has 0 saturated heterocycles. The highest BCUT2D eigenvalue weighted by Crippen LogP contribution is 2.37. The van der Waals surface area contributed by atoms with Gasteiger partial charge in [0.1, 0.15) is 12.4 Å². The normalized spacial score (nSPS) is 16.7. The highest BCUT2D eigenvalue weighted by Gasteiger charge is 2.35. The van der Waals surface area contributed by atoms with Crippen molar-refractivity contribution < 1.29 is 27.8 Å². The van der Waals surface area contributed by atoms with E-state index >= 15 is 0 Å². The third-order valence-corrected chi connectivity index (χ3v) is 3.05. The van der Waals surface area contributed by atoms with Crippen molar-refractivity contribution >= 4 is 11.7 Å². The zero-order chi connectivity index (χ0) is 17.2. The number of hydrogen-bond donors (Lipinski definition) is 2. The maximum absolute atomic E-state index is 13.2. The van der Waals surface area contributed by atoms with E-state index in [1.807, 2.05) is 0 Å². The lowest BCUT2D eigenvalue weighted by molar-refractivity contribution is -0.139. The Labute approximate surface area is 130 Å². The van der Waals surface area contributed by atoms with Gasteiger partial charge in [-0.05, 0) is 25.1 Å². The Kier molecular flexibility index (Phi) is 4.79. The molecular formula is C14H16F3N3O3. The highest BCUT2D eigenvalue weighted by molar-refractivity contribution is 6.02. The smallest absolute Gasteiger partial charge is 0.419 e. The summed E-state index contributed by atoms with van der Waals surface area (Å²) in [5.41, 5.74) is 1.47. The van der Waals surface area contributed by atoms with Gasteiger partial charge in [-0.1, -0.05) is 0 Å². The van der Waals surface area contributed by atoms with Crippen LogP contribution >= 0.6 is 0 Å². The summed E-state index contributed by atoms with van der Waals surface area (Å²) < 4.78 is 44.7. The Morgan fingerprint density at radius 1 is 1.48 bits per heavy atom. The number of carbonyl (C=O) groups is 1. The number of rotatable bonds is 4. The summed E-state index contributed by atoms with van der Waals surface area (Å²) in [6.07, 6.45) is -5.51. The second-order valence-corrected chi connectivity index (χ2v) is 5.20. The van der Waals surface area contributed by atoms with Gasteiger partial charge in [0.05, 0.1) is 18.2 Å². The molecule has 0 bridgehead atoms. The van der Waals surface area contributed by atoms with Crippen LogP contribution in [0.4, 0.5) is 13.2 Å². The summed E-state index contributed by atoms with van der Waals surface area (Å²) in [7, 11) is 1.56. The van der Waals surface area contributed by atoms with Crippen LogP contribution in [0.25, 0.3) is 0 Å². The summed E-state index contributed by atoms with van der Waals surface area (Å²) in [6.45, 7) is 1.16. The molecule has 2 N–H and O–H groups in total. The zero-order valence-corrected chi connectivity index (χ0v) is 12.5. The van der Waals surface area contributed by atoms with E-state index in [2.05, 4.69) is 10.5 Å². The molecule has 1 aromatic rings. The fourth-order valence-corrected chi connectivity index (χ4v) is 2.04. The maximum Gasteiger partial charge on any atom is 0.419 e. The Morgan fingerprint density at radius 2 is 2.17 bits per heavy atom. The van der Waals surface area contributed by atoms with Crippen molar-refractivity contribution in [2.45, 2.75) is 19.2 Å². The van der Waals surface area contributed by atoms with Gasteiger partial charge in [-0.2, -0.15) is 18.3 Å². The number of hydrogen-bond acceptors (Lipinski definition) is 5. The fraction of sp³-hybridized carbons (Fsp3) is 0.429. The van der Waals surface area contributed by atoms with E-state index in [1.165, 1.54) is 24.0 Å². The van der Waals surface area contributed by atoms with Gasteiger partial charge in [0.25, 0.3) is 5.91 Å². The maximum atomic E-state index is 13.2. The van der Waals surface area contributed by atoms with Crippen molar-refractivity contribution in [3.63, 3.8) is 0 Å². The second kappa shape index (κ2) is 6.45. The van der Waals surface area contributed by atoms with Gasteiger partial charge in [0.2, 0.25) is 0 Å². The summed E-state index contributed by atoms with van der Waals surface area (Å²) in [4.78, 5) is 12.6. The van der Waals surface area contributed by atoms with Gasteiger partial charge in [-0.25, -0.2) is 5.43 Å².